The highest BCUT2D eigenvalue weighted by atomic mass is 35.5. The lowest BCUT2D eigenvalue weighted by Gasteiger charge is -2.39. The van der Waals surface area contributed by atoms with E-state index in [0.29, 0.717) is 37.3 Å². The Morgan fingerprint density at radius 1 is 1.04 bits per heavy atom. The Morgan fingerprint density at radius 3 is 2.37 bits per heavy atom. The number of hydrogen-bond donors (Lipinski definition) is 1. The van der Waals surface area contributed by atoms with Gasteiger partial charge in [-0.2, -0.15) is 0 Å². The number of nitrogens with zero attached hydrogens (tertiary/aromatic N) is 3. The molecule has 4 rings (SSSR count). The quantitative estimate of drug-likeness (QED) is 0.753. The molecule has 0 aliphatic carbocycles. The van der Waals surface area contributed by atoms with Crippen LogP contribution in [0.15, 0.2) is 54.7 Å². The Hall–Kier alpha value is -2.86. The third-order valence-corrected chi connectivity index (χ3v) is 5.59. The van der Waals surface area contributed by atoms with Gasteiger partial charge in [0, 0.05) is 19.3 Å². The maximum Gasteiger partial charge on any atom is 0.314 e. The van der Waals surface area contributed by atoms with Crippen LogP contribution in [0.5, 0.6) is 0 Å². The fourth-order valence-corrected chi connectivity index (χ4v) is 4.04. The summed E-state index contributed by atoms with van der Waals surface area (Å²) in [6.07, 6.45) is 2.45. The van der Waals surface area contributed by atoms with Crippen LogP contribution in [0.3, 0.4) is 0 Å². The molecule has 1 saturated heterocycles. The van der Waals surface area contributed by atoms with Crippen LogP contribution in [0, 0.1) is 0 Å². The number of halogens is 1. The molecule has 1 N–H and O–H groups in total. The summed E-state index contributed by atoms with van der Waals surface area (Å²) < 4.78 is 1.67. The number of amides is 1. The first-order valence-corrected chi connectivity index (χ1v) is 9.11. The highest BCUT2D eigenvalue weighted by Crippen LogP contribution is 2.36. The SMILES string of the molecule is O=C(c1c(Cl)nc2ccccn12)N1CCC(C(=O)O)(c2ccccc2)CC1. The van der Waals surface area contributed by atoms with Crippen molar-refractivity contribution in [3.8, 4) is 0 Å². The fourth-order valence-electron chi connectivity index (χ4n) is 3.78. The Bertz CT molecular complexity index is 1010. The summed E-state index contributed by atoms with van der Waals surface area (Å²) in [4.78, 5) is 31.0. The summed E-state index contributed by atoms with van der Waals surface area (Å²) in [6, 6.07) is 14.7. The van der Waals surface area contributed by atoms with Crippen molar-refractivity contribution in [3.05, 3.63) is 71.1 Å². The zero-order valence-electron chi connectivity index (χ0n) is 14.5. The van der Waals surface area contributed by atoms with Crippen molar-refractivity contribution in [1.82, 2.24) is 14.3 Å². The Balaban J connectivity index is 1.61. The molecule has 1 fully saturated rings. The summed E-state index contributed by atoms with van der Waals surface area (Å²) in [6.45, 7) is 0.687. The van der Waals surface area contributed by atoms with Gasteiger partial charge in [-0.3, -0.25) is 14.0 Å². The number of hydrogen-bond acceptors (Lipinski definition) is 3. The van der Waals surface area contributed by atoms with Crippen LogP contribution >= 0.6 is 11.6 Å². The number of aliphatic carboxylic acids is 1. The number of imidazole rings is 1. The van der Waals surface area contributed by atoms with E-state index < -0.39 is 11.4 Å². The first-order valence-electron chi connectivity index (χ1n) is 8.74. The van der Waals surface area contributed by atoms with Crippen molar-refractivity contribution < 1.29 is 14.7 Å². The van der Waals surface area contributed by atoms with Crippen LogP contribution < -0.4 is 0 Å². The number of benzene rings is 1. The number of likely N-dealkylation sites (tertiary alicyclic amines) is 1. The van der Waals surface area contributed by atoms with Gasteiger partial charge in [-0.25, -0.2) is 4.98 Å². The maximum absolute atomic E-state index is 13.0. The number of carboxylic acid groups (broad SMARTS) is 1. The monoisotopic (exact) mass is 383 g/mol. The molecular weight excluding hydrogens is 366 g/mol. The van der Waals surface area contributed by atoms with Gasteiger partial charge in [-0.1, -0.05) is 48.0 Å². The van der Waals surface area contributed by atoms with E-state index in [1.807, 2.05) is 42.5 Å². The van der Waals surface area contributed by atoms with Crippen molar-refractivity contribution in [1.29, 1.82) is 0 Å². The molecule has 2 aromatic heterocycles. The molecule has 1 aromatic carbocycles. The molecule has 138 valence electrons. The van der Waals surface area contributed by atoms with Gasteiger partial charge in [0.2, 0.25) is 0 Å². The summed E-state index contributed by atoms with van der Waals surface area (Å²) in [5.74, 6) is -1.08. The van der Waals surface area contributed by atoms with E-state index in [9.17, 15) is 14.7 Å². The molecule has 1 aliphatic rings. The van der Waals surface area contributed by atoms with Crippen molar-refractivity contribution in [2.45, 2.75) is 18.3 Å². The fraction of sp³-hybridized carbons (Fsp3) is 0.250. The third-order valence-electron chi connectivity index (χ3n) is 5.33. The smallest absolute Gasteiger partial charge is 0.314 e. The molecule has 1 amide bonds. The van der Waals surface area contributed by atoms with Crippen LogP contribution in [-0.4, -0.2) is 44.4 Å². The third kappa shape index (κ3) is 2.86. The molecule has 0 atom stereocenters. The minimum atomic E-state index is -0.971. The van der Waals surface area contributed by atoms with Gasteiger partial charge in [0.1, 0.15) is 5.65 Å². The van der Waals surface area contributed by atoms with E-state index in [-0.39, 0.29) is 11.1 Å². The van der Waals surface area contributed by atoms with Crippen LogP contribution in [0.2, 0.25) is 5.15 Å². The molecule has 0 unspecified atom stereocenters. The summed E-state index contributed by atoms with van der Waals surface area (Å²) in [7, 11) is 0. The standard InChI is InChI=1S/C20H18ClN3O3/c21-17-16(24-11-5-4-8-15(24)22-17)18(25)23-12-9-20(10-13-23,19(26)27)14-6-2-1-3-7-14/h1-8,11H,9-10,12-13H2,(H,26,27). The topological polar surface area (TPSA) is 74.9 Å². The van der Waals surface area contributed by atoms with E-state index in [2.05, 4.69) is 4.98 Å². The largest absolute Gasteiger partial charge is 0.481 e. The molecule has 6 nitrogen and oxygen atoms in total. The molecule has 3 heterocycles. The Labute approximate surface area is 161 Å². The molecule has 1 aliphatic heterocycles. The second-order valence-corrected chi connectivity index (χ2v) is 7.08. The molecule has 27 heavy (non-hydrogen) atoms. The van der Waals surface area contributed by atoms with Gasteiger partial charge in [0.15, 0.2) is 10.8 Å². The summed E-state index contributed by atoms with van der Waals surface area (Å²) >= 11 is 6.21. The highest BCUT2D eigenvalue weighted by molar-refractivity contribution is 6.32. The lowest BCUT2D eigenvalue weighted by molar-refractivity contribution is -0.145. The highest BCUT2D eigenvalue weighted by Gasteiger charge is 2.44. The molecule has 0 saturated carbocycles. The number of pyridine rings is 1. The number of carbonyl (C=O) groups excluding carboxylic acids is 1. The number of fused-ring (bicyclic) bond motifs is 1. The first kappa shape index (κ1) is 17.5. The first-order chi connectivity index (χ1) is 13.0. The number of piperidine rings is 1. The zero-order chi connectivity index (χ0) is 19.0. The van der Waals surface area contributed by atoms with Crippen molar-refractivity contribution in [2.75, 3.05) is 13.1 Å². The summed E-state index contributed by atoms with van der Waals surface area (Å²) in [5, 5.41) is 10.1. The average molecular weight is 384 g/mol. The minimum absolute atomic E-state index is 0.157. The van der Waals surface area contributed by atoms with E-state index >= 15 is 0 Å². The number of carbonyl (C=O) groups is 2. The molecule has 0 bridgehead atoms. The summed E-state index contributed by atoms with van der Waals surface area (Å²) in [5.41, 5.74) is 0.723. The van der Waals surface area contributed by atoms with Gasteiger partial charge >= 0.3 is 5.97 Å². The van der Waals surface area contributed by atoms with E-state index in [1.165, 1.54) is 0 Å². The molecule has 7 heteroatoms. The van der Waals surface area contributed by atoms with Gasteiger partial charge in [-0.05, 0) is 30.5 Å². The van der Waals surface area contributed by atoms with E-state index in [1.54, 1.807) is 21.6 Å². The molecule has 3 aromatic rings. The predicted molar refractivity (Wildman–Crippen MR) is 101 cm³/mol. The van der Waals surface area contributed by atoms with Crippen molar-refractivity contribution in [2.24, 2.45) is 0 Å². The van der Waals surface area contributed by atoms with Crippen LogP contribution in [-0.2, 0) is 10.2 Å². The van der Waals surface area contributed by atoms with Gasteiger partial charge in [0.25, 0.3) is 5.91 Å². The Morgan fingerprint density at radius 2 is 1.70 bits per heavy atom. The average Bonchev–Trinajstić information content (AvgIpc) is 3.03. The number of carboxylic acids is 1. The second kappa shape index (κ2) is 6.70. The van der Waals surface area contributed by atoms with Crippen molar-refractivity contribution in [3.63, 3.8) is 0 Å². The van der Waals surface area contributed by atoms with E-state index in [4.69, 9.17) is 11.6 Å². The maximum atomic E-state index is 13.0. The van der Waals surface area contributed by atoms with Gasteiger partial charge in [0.05, 0.1) is 5.41 Å². The molecule has 0 radical (unpaired) electrons. The number of aromatic nitrogens is 2. The lowest BCUT2D eigenvalue weighted by atomic mass is 9.73. The number of rotatable bonds is 3. The van der Waals surface area contributed by atoms with Crippen LogP contribution in [0.25, 0.3) is 5.65 Å². The molecule has 0 spiro atoms. The van der Waals surface area contributed by atoms with Gasteiger partial charge < -0.3 is 10.0 Å². The molecular formula is C20H18ClN3O3. The van der Waals surface area contributed by atoms with Crippen LogP contribution in [0.4, 0.5) is 0 Å². The second-order valence-electron chi connectivity index (χ2n) is 6.73. The predicted octanol–water partition coefficient (Wildman–Crippen LogP) is 3.25. The Kier molecular flexibility index (Phi) is 4.36. The zero-order valence-corrected chi connectivity index (χ0v) is 15.3. The minimum Gasteiger partial charge on any atom is -0.481 e. The van der Waals surface area contributed by atoms with Crippen molar-refractivity contribution >= 4 is 29.1 Å². The van der Waals surface area contributed by atoms with Crippen LogP contribution in [0.1, 0.15) is 28.9 Å². The normalized spacial score (nSPS) is 16.4. The lowest BCUT2D eigenvalue weighted by Crippen LogP contribution is -2.49. The van der Waals surface area contributed by atoms with Gasteiger partial charge in [-0.15, -0.1) is 0 Å². The van der Waals surface area contributed by atoms with E-state index in [0.717, 1.165) is 5.56 Å².